The summed E-state index contributed by atoms with van der Waals surface area (Å²) in [4.78, 5) is 5.86. The fourth-order valence-corrected chi connectivity index (χ4v) is 2.70. The largest absolute Gasteiger partial charge is 0.399 e. The lowest BCUT2D eigenvalue weighted by Crippen LogP contribution is -2.21. The Labute approximate surface area is 102 Å². The molecule has 3 rings (SSSR count). The van der Waals surface area contributed by atoms with Gasteiger partial charge in [-0.2, -0.15) is 0 Å². The maximum atomic E-state index is 5.78. The molecule has 1 saturated heterocycles. The maximum absolute atomic E-state index is 5.78. The SMILES string of the molecule is Nc1ccc2c(CCN3CCCC3)c[nH]c2c1. The number of hydrogen-bond acceptors (Lipinski definition) is 2. The fraction of sp³-hybridized carbons (Fsp3) is 0.429. The van der Waals surface area contributed by atoms with Crippen molar-refractivity contribution in [3.8, 4) is 0 Å². The Morgan fingerprint density at radius 3 is 2.88 bits per heavy atom. The third kappa shape index (κ3) is 2.15. The molecule has 90 valence electrons. The van der Waals surface area contributed by atoms with Crippen molar-refractivity contribution in [3.05, 3.63) is 30.0 Å². The number of hydrogen-bond donors (Lipinski definition) is 2. The third-order valence-corrected chi connectivity index (χ3v) is 3.69. The topological polar surface area (TPSA) is 45.0 Å². The molecule has 0 radical (unpaired) electrons. The Hall–Kier alpha value is -1.48. The highest BCUT2D eigenvalue weighted by Gasteiger charge is 2.12. The molecule has 3 heteroatoms. The Balaban J connectivity index is 1.76. The lowest BCUT2D eigenvalue weighted by molar-refractivity contribution is 0.344. The molecule has 17 heavy (non-hydrogen) atoms. The van der Waals surface area contributed by atoms with E-state index in [0.29, 0.717) is 0 Å². The summed E-state index contributed by atoms with van der Waals surface area (Å²) in [5.74, 6) is 0. The second-order valence-corrected chi connectivity index (χ2v) is 4.92. The molecule has 1 aromatic heterocycles. The third-order valence-electron chi connectivity index (χ3n) is 3.69. The number of nitrogen functional groups attached to an aromatic ring is 1. The van der Waals surface area contributed by atoms with Crippen LogP contribution < -0.4 is 5.73 Å². The first-order chi connectivity index (χ1) is 8.33. The number of rotatable bonds is 3. The van der Waals surface area contributed by atoms with E-state index in [1.807, 2.05) is 12.1 Å². The van der Waals surface area contributed by atoms with Gasteiger partial charge in [0.25, 0.3) is 0 Å². The summed E-state index contributed by atoms with van der Waals surface area (Å²) in [6.45, 7) is 3.72. The lowest BCUT2D eigenvalue weighted by atomic mass is 10.1. The standard InChI is InChI=1S/C14H19N3/c15-12-3-4-13-11(10-16-14(13)9-12)5-8-17-6-1-2-7-17/h3-4,9-10,16H,1-2,5-8,15H2. The van der Waals surface area contributed by atoms with Gasteiger partial charge in [-0.15, -0.1) is 0 Å². The molecule has 1 aliphatic heterocycles. The predicted molar refractivity (Wildman–Crippen MR) is 72.1 cm³/mol. The van der Waals surface area contributed by atoms with Gasteiger partial charge in [0, 0.05) is 29.3 Å². The van der Waals surface area contributed by atoms with Gasteiger partial charge in [-0.25, -0.2) is 0 Å². The van der Waals surface area contributed by atoms with Gasteiger partial charge in [0.15, 0.2) is 0 Å². The van der Waals surface area contributed by atoms with E-state index in [4.69, 9.17) is 5.73 Å². The normalized spacial score (nSPS) is 16.9. The zero-order chi connectivity index (χ0) is 11.7. The molecule has 3 nitrogen and oxygen atoms in total. The highest BCUT2D eigenvalue weighted by Crippen LogP contribution is 2.21. The molecule has 0 amide bonds. The number of nitrogens with one attached hydrogen (secondary N) is 1. The first-order valence-electron chi connectivity index (χ1n) is 6.41. The molecule has 0 bridgehead atoms. The van der Waals surface area contributed by atoms with E-state index in [2.05, 4.69) is 22.1 Å². The van der Waals surface area contributed by atoms with Gasteiger partial charge in [-0.3, -0.25) is 0 Å². The van der Waals surface area contributed by atoms with E-state index in [9.17, 15) is 0 Å². The van der Waals surface area contributed by atoms with Crippen LogP contribution >= 0.6 is 0 Å². The summed E-state index contributed by atoms with van der Waals surface area (Å²) in [6.07, 6.45) is 5.99. The maximum Gasteiger partial charge on any atom is 0.0477 e. The molecule has 0 unspecified atom stereocenters. The quantitative estimate of drug-likeness (QED) is 0.794. The van der Waals surface area contributed by atoms with Crippen LogP contribution in [0.4, 0.5) is 5.69 Å². The van der Waals surface area contributed by atoms with Crippen molar-refractivity contribution in [2.45, 2.75) is 19.3 Å². The van der Waals surface area contributed by atoms with E-state index >= 15 is 0 Å². The van der Waals surface area contributed by atoms with Gasteiger partial charge in [-0.1, -0.05) is 6.07 Å². The van der Waals surface area contributed by atoms with Crippen molar-refractivity contribution in [1.82, 2.24) is 9.88 Å². The zero-order valence-corrected chi connectivity index (χ0v) is 10.1. The Kier molecular flexibility index (Phi) is 2.77. The number of H-pyrrole nitrogens is 1. The molecule has 1 aliphatic rings. The second kappa shape index (κ2) is 4.41. The summed E-state index contributed by atoms with van der Waals surface area (Å²) in [5.41, 5.74) is 9.17. The minimum atomic E-state index is 0.824. The number of aromatic amines is 1. The van der Waals surface area contributed by atoms with Crippen LogP contribution in [0.3, 0.4) is 0 Å². The van der Waals surface area contributed by atoms with Crippen LogP contribution in [0.1, 0.15) is 18.4 Å². The van der Waals surface area contributed by atoms with Crippen molar-refractivity contribution < 1.29 is 0 Å². The van der Waals surface area contributed by atoms with Gasteiger partial charge in [0.1, 0.15) is 0 Å². The summed E-state index contributed by atoms with van der Waals surface area (Å²) >= 11 is 0. The van der Waals surface area contributed by atoms with Crippen molar-refractivity contribution in [2.24, 2.45) is 0 Å². The number of nitrogens with zero attached hydrogens (tertiary/aromatic N) is 1. The number of benzene rings is 1. The van der Waals surface area contributed by atoms with Gasteiger partial charge in [0.2, 0.25) is 0 Å². The molecule has 0 atom stereocenters. The van der Waals surface area contributed by atoms with Gasteiger partial charge in [0.05, 0.1) is 0 Å². The first-order valence-corrected chi connectivity index (χ1v) is 6.41. The molecule has 1 aromatic carbocycles. The monoisotopic (exact) mass is 229 g/mol. The van der Waals surface area contributed by atoms with E-state index in [-0.39, 0.29) is 0 Å². The average molecular weight is 229 g/mol. The average Bonchev–Trinajstić information content (AvgIpc) is 2.94. The van der Waals surface area contributed by atoms with Crippen LogP contribution in [0.25, 0.3) is 10.9 Å². The van der Waals surface area contributed by atoms with Crippen molar-refractivity contribution >= 4 is 16.6 Å². The molecule has 1 fully saturated rings. The highest BCUT2D eigenvalue weighted by atomic mass is 15.1. The van der Waals surface area contributed by atoms with Crippen LogP contribution in [0.5, 0.6) is 0 Å². The van der Waals surface area contributed by atoms with Crippen LogP contribution in [0, 0.1) is 0 Å². The number of nitrogens with two attached hydrogens (primary N) is 1. The molecule has 0 spiro atoms. The Morgan fingerprint density at radius 1 is 1.24 bits per heavy atom. The van der Waals surface area contributed by atoms with Gasteiger partial charge >= 0.3 is 0 Å². The molecular weight excluding hydrogens is 210 g/mol. The first kappa shape index (κ1) is 10.7. The minimum Gasteiger partial charge on any atom is -0.399 e. The summed E-state index contributed by atoms with van der Waals surface area (Å²) in [7, 11) is 0. The molecule has 2 heterocycles. The molecule has 0 aliphatic carbocycles. The van der Waals surface area contributed by atoms with Crippen LogP contribution in [-0.4, -0.2) is 29.5 Å². The Morgan fingerprint density at radius 2 is 2.06 bits per heavy atom. The van der Waals surface area contributed by atoms with Crippen LogP contribution in [-0.2, 0) is 6.42 Å². The van der Waals surface area contributed by atoms with Gasteiger partial charge < -0.3 is 15.6 Å². The minimum absolute atomic E-state index is 0.824. The molecule has 3 N–H and O–H groups in total. The van der Waals surface area contributed by atoms with E-state index < -0.39 is 0 Å². The zero-order valence-electron chi connectivity index (χ0n) is 10.1. The lowest BCUT2D eigenvalue weighted by Gasteiger charge is -2.13. The summed E-state index contributed by atoms with van der Waals surface area (Å²) in [5, 5.41) is 1.32. The van der Waals surface area contributed by atoms with E-state index in [0.717, 1.165) is 17.6 Å². The number of anilines is 1. The van der Waals surface area contributed by atoms with Crippen molar-refractivity contribution in [3.63, 3.8) is 0 Å². The molecule has 2 aromatic rings. The highest BCUT2D eigenvalue weighted by molar-refractivity contribution is 5.85. The van der Waals surface area contributed by atoms with Crippen LogP contribution in [0.2, 0.25) is 0 Å². The second-order valence-electron chi connectivity index (χ2n) is 4.92. The fourth-order valence-electron chi connectivity index (χ4n) is 2.70. The molecule has 0 saturated carbocycles. The van der Waals surface area contributed by atoms with Crippen molar-refractivity contribution in [2.75, 3.05) is 25.4 Å². The smallest absolute Gasteiger partial charge is 0.0477 e. The number of fused-ring (bicyclic) bond motifs is 1. The van der Waals surface area contributed by atoms with Crippen LogP contribution in [0.15, 0.2) is 24.4 Å². The Bertz CT molecular complexity index is 509. The van der Waals surface area contributed by atoms with E-state index in [1.54, 1.807) is 0 Å². The molecular formula is C14H19N3. The van der Waals surface area contributed by atoms with Crippen molar-refractivity contribution in [1.29, 1.82) is 0 Å². The number of aromatic nitrogens is 1. The summed E-state index contributed by atoms with van der Waals surface area (Å²) in [6, 6.07) is 6.12. The van der Waals surface area contributed by atoms with E-state index in [1.165, 1.54) is 43.4 Å². The summed E-state index contributed by atoms with van der Waals surface area (Å²) < 4.78 is 0. The van der Waals surface area contributed by atoms with Gasteiger partial charge in [-0.05, 0) is 50.0 Å². The number of likely N-dealkylation sites (tertiary alicyclic amines) is 1. The predicted octanol–water partition coefficient (Wildman–Crippen LogP) is 2.39.